The van der Waals surface area contributed by atoms with Gasteiger partial charge in [-0.25, -0.2) is 0 Å². The van der Waals surface area contributed by atoms with Crippen molar-refractivity contribution in [1.82, 2.24) is 0 Å². The van der Waals surface area contributed by atoms with E-state index in [4.69, 9.17) is 5.73 Å². The van der Waals surface area contributed by atoms with Gasteiger partial charge in [0.1, 0.15) is 0 Å². The Hall–Kier alpha value is -0.340. The van der Waals surface area contributed by atoms with Gasteiger partial charge in [-0.3, -0.25) is 0 Å². The number of thiophene rings is 1. The van der Waals surface area contributed by atoms with Crippen LogP contribution in [0.25, 0.3) is 0 Å². The van der Waals surface area contributed by atoms with Crippen molar-refractivity contribution in [3.05, 3.63) is 22.4 Å². The van der Waals surface area contributed by atoms with E-state index < -0.39 is 0 Å². The second-order valence-corrected chi connectivity index (χ2v) is 4.81. The summed E-state index contributed by atoms with van der Waals surface area (Å²) >= 11 is 1.80. The molecule has 1 aliphatic carbocycles. The number of hydrogen-bond acceptors (Lipinski definition) is 2. The maximum Gasteiger partial charge on any atom is 0.00446 e. The molecule has 0 aromatic carbocycles. The Labute approximate surface area is 84.0 Å². The van der Waals surface area contributed by atoms with Crippen LogP contribution >= 0.6 is 11.3 Å². The molecule has 0 spiro atoms. The molecule has 1 nitrogen and oxygen atoms in total. The fourth-order valence-corrected chi connectivity index (χ4v) is 2.95. The number of nitrogens with two attached hydrogens (primary N) is 1. The maximum atomic E-state index is 6.03. The third-order valence-corrected chi connectivity index (χ3v) is 3.68. The van der Waals surface area contributed by atoms with Gasteiger partial charge in [-0.15, -0.1) is 0 Å². The molecule has 0 aliphatic heterocycles. The molecule has 0 amide bonds. The lowest BCUT2D eigenvalue weighted by Crippen LogP contribution is -2.20. The van der Waals surface area contributed by atoms with E-state index in [9.17, 15) is 0 Å². The van der Waals surface area contributed by atoms with Crippen LogP contribution < -0.4 is 5.73 Å². The Morgan fingerprint density at radius 1 is 1.31 bits per heavy atom. The van der Waals surface area contributed by atoms with Gasteiger partial charge in [0.25, 0.3) is 0 Å². The van der Waals surface area contributed by atoms with Gasteiger partial charge in [0.05, 0.1) is 0 Å². The van der Waals surface area contributed by atoms with Crippen LogP contribution in [-0.4, -0.2) is 6.04 Å². The van der Waals surface area contributed by atoms with Crippen molar-refractivity contribution in [1.29, 1.82) is 0 Å². The fourth-order valence-electron chi connectivity index (χ4n) is 2.21. The minimum absolute atomic E-state index is 0.437. The quantitative estimate of drug-likeness (QED) is 0.685. The molecule has 1 aliphatic rings. The molecule has 2 heteroatoms. The highest BCUT2D eigenvalue weighted by atomic mass is 32.1. The summed E-state index contributed by atoms with van der Waals surface area (Å²) in [7, 11) is 0. The van der Waals surface area contributed by atoms with Crippen molar-refractivity contribution in [2.75, 3.05) is 0 Å². The molecule has 2 N–H and O–H groups in total. The first kappa shape index (κ1) is 9.22. The van der Waals surface area contributed by atoms with Gasteiger partial charge in [0, 0.05) is 6.04 Å². The van der Waals surface area contributed by atoms with E-state index >= 15 is 0 Å². The summed E-state index contributed by atoms with van der Waals surface area (Å²) < 4.78 is 0. The Balaban J connectivity index is 2.05. The zero-order chi connectivity index (χ0) is 9.10. The Morgan fingerprint density at radius 2 is 2.15 bits per heavy atom. The van der Waals surface area contributed by atoms with E-state index in [2.05, 4.69) is 16.8 Å². The molecular formula is C11H17NS. The van der Waals surface area contributed by atoms with Crippen molar-refractivity contribution in [2.45, 2.75) is 44.1 Å². The van der Waals surface area contributed by atoms with Crippen LogP contribution in [-0.2, 0) is 0 Å². The van der Waals surface area contributed by atoms with Crippen molar-refractivity contribution in [2.24, 2.45) is 5.73 Å². The van der Waals surface area contributed by atoms with Crippen molar-refractivity contribution in [3.63, 3.8) is 0 Å². The fraction of sp³-hybridized carbons (Fsp3) is 0.636. The number of rotatable bonds is 1. The van der Waals surface area contributed by atoms with E-state index in [1.165, 1.54) is 37.7 Å². The first-order chi connectivity index (χ1) is 6.36. The SMILES string of the molecule is NC1CCCCC(c2ccsc2)C1. The van der Waals surface area contributed by atoms with Gasteiger partial charge >= 0.3 is 0 Å². The van der Waals surface area contributed by atoms with Gasteiger partial charge < -0.3 is 5.73 Å². The molecule has 0 radical (unpaired) electrons. The molecule has 0 saturated heterocycles. The molecule has 2 atom stereocenters. The monoisotopic (exact) mass is 195 g/mol. The molecule has 1 heterocycles. The van der Waals surface area contributed by atoms with E-state index in [0.717, 1.165) is 5.92 Å². The molecule has 2 rings (SSSR count). The third-order valence-electron chi connectivity index (χ3n) is 2.98. The molecular weight excluding hydrogens is 178 g/mol. The summed E-state index contributed by atoms with van der Waals surface area (Å²) in [5.41, 5.74) is 7.55. The number of hydrogen-bond donors (Lipinski definition) is 1. The summed E-state index contributed by atoms with van der Waals surface area (Å²) in [5, 5.41) is 4.45. The third kappa shape index (κ3) is 2.32. The van der Waals surface area contributed by atoms with E-state index in [1.807, 2.05) is 0 Å². The summed E-state index contributed by atoms with van der Waals surface area (Å²) in [6, 6.07) is 2.69. The summed E-state index contributed by atoms with van der Waals surface area (Å²) in [5.74, 6) is 0.740. The largest absolute Gasteiger partial charge is 0.328 e. The van der Waals surface area contributed by atoms with E-state index in [-0.39, 0.29) is 0 Å². The van der Waals surface area contributed by atoms with Crippen LogP contribution in [0.2, 0.25) is 0 Å². The van der Waals surface area contributed by atoms with Gasteiger partial charge in [0.15, 0.2) is 0 Å². The predicted octanol–water partition coefficient (Wildman–Crippen LogP) is 3.12. The highest BCUT2D eigenvalue weighted by Gasteiger charge is 2.18. The topological polar surface area (TPSA) is 26.0 Å². The van der Waals surface area contributed by atoms with Gasteiger partial charge in [-0.2, -0.15) is 11.3 Å². The van der Waals surface area contributed by atoms with Crippen LogP contribution in [0.1, 0.15) is 43.6 Å². The van der Waals surface area contributed by atoms with E-state index in [0.29, 0.717) is 6.04 Å². The van der Waals surface area contributed by atoms with E-state index in [1.54, 1.807) is 11.3 Å². The lowest BCUT2D eigenvalue weighted by atomic mass is 9.93. The highest BCUT2D eigenvalue weighted by molar-refractivity contribution is 7.07. The van der Waals surface area contributed by atoms with Crippen molar-refractivity contribution in [3.8, 4) is 0 Å². The second kappa shape index (κ2) is 4.25. The lowest BCUT2D eigenvalue weighted by Gasteiger charge is -2.15. The molecule has 1 aromatic heterocycles. The molecule has 72 valence electrons. The normalized spacial score (nSPS) is 29.9. The minimum Gasteiger partial charge on any atom is -0.328 e. The van der Waals surface area contributed by atoms with Crippen LogP contribution in [0.15, 0.2) is 16.8 Å². The molecule has 1 saturated carbocycles. The first-order valence-electron chi connectivity index (χ1n) is 5.14. The average molecular weight is 195 g/mol. The Kier molecular flexibility index (Phi) is 3.01. The van der Waals surface area contributed by atoms with Crippen molar-refractivity contribution >= 4 is 11.3 Å². The standard InChI is InChI=1S/C11H17NS/c12-11-4-2-1-3-9(7-11)10-5-6-13-8-10/h5-6,8-9,11H,1-4,7,12H2. The van der Waals surface area contributed by atoms with Gasteiger partial charge in [-0.05, 0) is 47.6 Å². The predicted molar refractivity (Wildman–Crippen MR) is 58.1 cm³/mol. The van der Waals surface area contributed by atoms with Crippen LogP contribution in [0.5, 0.6) is 0 Å². The zero-order valence-electron chi connectivity index (χ0n) is 7.91. The van der Waals surface area contributed by atoms with Crippen LogP contribution in [0, 0.1) is 0 Å². The van der Waals surface area contributed by atoms with Crippen LogP contribution in [0.3, 0.4) is 0 Å². The highest BCUT2D eigenvalue weighted by Crippen LogP contribution is 2.32. The summed E-state index contributed by atoms with van der Waals surface area (Å²) in [6.45, 7) is 0. The molecule has 13 heavy (non-hydrogen) atoms. The second-order valence-electron chi connectivity index (χ2n) is 4.03. The maximum absolute atomic E-state index is 6.03. The molecule has 1 aromatic rings. The molecule has 0 bridgehead atoms. The lowest BCUT2D eigenvalue weighted by molar-refractivity contribution is 0.536. The molecule has 2 unspecified atom stereocenters. The van der Waals surface area contributed by atoms with Gasteiger partial charge in [0.2, 0.25) is 0 Å². The van der Waals surface area contributed by atoms with Crippen molar-refractivity contribution < 1.29 is 0 Å². The average Bonchev–Trinajstić information content (AvgIpc) is 2.56. The Bertz CT molecular complexity index is 243. The minimum atomic E-state index is 0.437. The summed E-state index contributed by atoms with van der Waals surface area (Å²) in [6.07, 6.45) is 6.43. The zero-order valence-corrected chi connectivity index (χ0v) is 8.72. The van der Waals surface area contributed by atoms with Crippen LogP contribution in [0.4, 0.5) is 0 Å². The Morgan fingerprint density at radius 3 is 2.92 bits per heavy atom. The smallest absolute Gasteiger partial charge is 0.00446 e. The van der Waals surface area contributed by atoms with Gasteiger partial charge in [-0.1, -0.05) is 12.8 Å². The summed E-state index contributed by atoms with van der Waals surface area (Å²) in [4.78, 5) is 0. The first-order valence-corrected chi connectivity index (χ1v) is 6.08. The molecule has 1 fully saturated rings.